The van der Waals surface area contributed by atoms with E-state index in [0.717, 1.165) is 4.47 Å². The van der Waals surface area contributed by atoms with Gasteiger partial charge in [0, 0.05) is 10.0 Å². The minimum absolute atomic E-state index is 0.114. The standard InChI is InChI=1S/C13H17BrFNO3/c1-3-18-10-6-5-8(14)7-9(10)12(16)11(15)13(17)19-4-2/h5-7,11-12H,3-4,16H2,1-2H3/t11?,12-/m1/s1. The molecule has 0 radical (unpaired) electrons. The number of hydrogen-bond acceptors (Lipinski definition) is 4. The Morgan fingerprint density at radius 1 is 1.42 bits per heavy atom. The molecule has 0 aliphatic heterocycles. The van der Waals surface area contributed by atoms with Crippen LogP contribution in [0.5, 0.6) is 5.75 Å². The first-order valence-electron chi connectivity index (χ1n) is 5.99. The maximum Gasteiger partial charge on any atom is 0.342 e. The Hall–Kier alpha value is -1.14. The highest BCUT2D eigenvalue weighted by molar-refractivity contribution is 9.10. The number of hydrogen-bond donors (Lipinski definition) is 1. The molecule has 1 rings (SSSR count). The Bertz CT molecular complexity index is 442. The lowest BCUT2D eigenvalue weighted by molar-refractivity contribution is -0.149. The summed E-state index contributed by atoms with van der Waals surface area (Å²) in [7, 11) is 0. The molecule has 2 atom stereocenters. The van der Waals surface area contributed by atoms with Crippen LogP contribution < -0.4 is 10.5 Å². The lowest BCUT2D eigenvalue weighted by Gasteiger charge is -2.19. The van der Waals surface area contributed by atoms with Crippen molar-refractivity contribution in [3.05, 3.63) is 28.2 Å². The summed E-state index contributed by atoms with van der Waals surface area (Å²) in [5.41, 5.74) is 6.22. The molecule has 6 heteroatoms. The molecule has 0 spiro atoms. The van der Waals surface area contributed by atoms with E-state index in [2.05, 4.69) is 20.7 Å². The van der Waals surface area contributed by atoms with Gasteiger partial charge in [0.05, 0.1) is 19.3 Å². The van der Waals surface area contributed by atoms with Crippen molar-refractivity contribution >= 4 is 21.9 Å². The van der Waals surface area contributed by atoms with Crippen molar-refractivity contribution < 1.29 is 18.7 Å². The molecule has 1 unspecified atom stereocenters. The van der Waals surface area contributed by atoms with Crippen molar-refractivity contribution in [1.82, 2.24) is 0 Å². The van der Waals surface area contributed by atoms with E-state index in [4.69, 9.17) is 10.5 Å². The van der Waals surface area contributed by atoms with E-state index >= 15 is 0 Å². The van der Waals surface area contributed by atoms with Crippen LogP contribution in [0.3, 0.4) is 0 Å². The van der Waals surface area contributed by atoms with Gasteiger partial charge in [-0.2, -0.15) is 0 Å². The molecule has 0 aromatic heterocycles. The van der Waals surface area contributed by atoms with Crippen LogP contribution in [0.15, 0.2) is 22.7 Å². The van der Waals surface area contributed by atoms with Gasteiger partial charge < -0.3 is 15.2 Å². The highest BCUT2D eigenvalue weighted by atomic mass is 79.9. The first-order valence-corrected chi connectivity index (χ1v) is 6.79. The van der Waals surface area contributed by atoms with E-state index in [0.29, 0.717) is 17.9 Å². The normalized spacial score (nSPS) is 13.7. The fourth-order valence-corrected chi connectivity index (χ4v) is 1.97. The number of benzene rings is 1. The average Bonchev–Trinajstić information content (AvgIpc) is 2.39. The molecule has 0 saturated heterocycles. The minimum Gasteiger partial charge on any atom is -0.494 e. The van der Waals surface area contributed by atoms with Crippen LogP contribution in [-0.4, -0.2) is 25.4 Å². The number of nitrogens with two attached hydrogens (primary N) is 1. The van der Waals surface area contributed by atoms with Gasteiger partial charge in [0.25, 0.3) is 0 Å². The van der Waals surface area contributed by atoms with Crippen molar-refractivity contribution in [3.63, 3.8) is 0 Å². The fraction of sp³-hybridized carbons (Fsp3) is 0.462. The Kier molecular flexibility index (Phi) is 6.24. The van der Waals surface area contributed by atoms with Gasteiger partial charge >= 0.3 is 5.97 Å². The predicted molar refractivity (Wildman–Crippen MR) is 73.8 cm³/mol. The van der Waals surface area contributed by atoms with E-state index in [1.54, 1.807) is 25.1 Å². The molecule has 4 nitrogen and oxygen atoms in total. The lowest BCUT2D eigenvalue weighted by Crippen LogP contribution is -2.31. The number of esters is 1. The summed E-state index contributed by atoms with van der Waals surface area (Å²) < 4.78 is 24.7. The van der Waals surface area contributed by atoms with Crippen LogP contribution in [0.2, 0.25) is 0 Å². The van der Waals surface area contributed by atoms with Gasteiger partial charge in [0.2, 0.25) is 6.17 Å². The maximum absolute atomic E-state index is 13.9. The summed E-state index contributed by atoms with van der Waals surface area (Å²) >= 11 is 3.28. The van der Waals surface area contributed by atoms with Gasteiger partial charge in [-0.1, -0.05) is 15.9 Å². The topological polar surface area (TPSA) is 61.5 Å². The maximum atomic E-state index is 13.9. The Labute approximate surface area is 120 Å². The third-order valence-electron chi connectivity index (χ3n) is 2.46. The van der Waals surface area contributed by atoms with Gasteiger partial charge in [-0.15, -0.1) is 0 Å². The quantitative estimate of drug-likeness (QED) is 0.813. The Morgan fingerprint density at radius 2 is 2.11 bits per heavy atom. The Morgan fingerprint density at radius 3 is 2.68 bits per heavy atom. The number of halogens is 2. The van der Waals surface area contributed by atoms with E-state index in [1.807, 2.05) is 6.92 Å². The van der Waals surface area contributed by atoms with E-state index in [-0.39, 0.29) is 6.61 Å². The summed E-state index contributed by atoms with van der Waals surface area (Å²) in [5.74, 6) is -0.498. The van der Waals surface area contributed by atoms with E-state index in [9.17, 15) is 9.18 Å². The number of rotatable bonds is 6. The number of alkyl halides is 1. The zero-order valence-electron chi connectivity index (χ0n) is 10.9. The molecular weight excluding hydrogens is 317 g/mol. The predicted octanol–water partition coefficient (Wildman–Crippen LogP) is 2.75. The van der Waals surface area contributed by atoms with Crippen molar-refractivity contribution in [2.45, 2.75) is 26.1 Å². The van der Waals surface area contributed by atoms with E-state index in [1.165, 1.54) is 0 Å². The third-order valence-corrected chi connectivity index (χ3v) is 2.95. The zero-order chi connectivity index (χ0) is 14.4. The molecule has 0 heterocycles. The molecule has 19 heavy (non-hydrogen) atoms. The van der Waals surface area contributed by atoms with Gasteiger partial charge in [-0.05, 0) is 32.0 Å². The molecule has 1 aromatic rings. The summed E-state index contributed by atoms with van der Waals surface area (Å²) in [6.45, 7) is 3.97. The molecule has 0 aliphatic rings. The number of carbonyl (C=O) groups excluding carboxylic acids is 1. The molecule has 0 fully saturated rings. The highest BCUT2D eigenvalue weighted by Crippen LogP contribution is 2.30. The minimum atomic E-state index is -1.92. The highest BCUT2D eigenvalue weighted by Gasteiger charge is 2.30. The SMILES string of the molecule is CCOC(=O)C(F)[C@H](N)c1cc(Br)ccc1OCC. The Balaban J connectivity index is 2.99. The molecule has 0 saturated carbocycles. The number of carbonyl (C=O) groups is 1. The first kappa shape index (κ1) is 15.9. The van der Waals surface area contributed by atoms with Crippen molar-refractivity contribution in [3.8, 4) is 5.75 Å². The monoisotopic (exact) mass is 333 g/mol. The van der Waals surface area contributed by atoms with Gasteiger partial charge in [0.15, 0.2) is 0 Å². The van der Waals surface area contributed by atoms with Crippen LogP contribution in [-0.2, 0) is 9.53 Å². The van der Waals surface area contributed by atoms with Crippen LogP contribution >= 0.6 is 15.9 Å². The van der Waals surface area contributed by atoms with Crippen LogP contribution in [0.25, 0.3) is 0 Å². The van der Waals surface area contributed by atoms with Gasteiger partial charge in [0.1, 0.15) is 5.75 Å². The number of ether oxygens (including phenoxy) is 2. The van der Waals surface area contributed by atoms with Gasteiger partial charge in [-0.25, -0.2) is 9.18 Å². The van der Waals surface area contributed by atoms with Crippen molar-refractivity contribution in [2.75, 3.05) is 13.2 Å². The molecular formula is C13H17BrFNO3. The lowest BCUT2D eigenvalue weighted by atomic mass is 10.0. The van der Waals surface area contributed by atoms with Crippen molar-refractivity contribution in [1.29, 1.82) is 0 Å². The van der Waals surface area contributed by atoms with Crippen LogP contribution in [0, 0.1) is 0 Å². The summed E-state index contributed by atoms with van der Waals surface area (Å²) in [5, 5.41) is 0. The third kappa shape index (κ3) is 4.18. The van der Waals surface area contributed by atoms with Gasteiger partial charge in [-0.3, -0.25) is 0 Å². The summed E-state index contributed by atoms with van der Waals surface area (Å²) in [4.78, 5) is 11.4. The molecule has 0 aliphatic carbocycles. The van der Waals surface area contributed by atoms with Crippen LogP contribution in [0.1, 0.15) is 25.5 Å². The smallest absolute Gasteiger partial charge is 0.342 e. The molecule has 2 N–H and O–H groups in total. The second-order valence-electron chi connectivity index (χ2n) is 3.79. The summed E-state index contributed by atoms with van der Waals surface area (Å²) in [6.07, 6.45) is -1.92. The molecule has 106 valence electrons. The van der Waals surface area contributed by atoms with E-state index < -0.39 is 18.2 Å². The van der Waals surface area contributed by atoms with Crippen molar-refractivity contribution in [2.24, 2.45) is 5.73 Å². The first-order chi connectivity index (χ1) is 9.01. The van der Waals surface area contributed by atoms with Crippen LogP contribution in [0.4, 0.5) is 4.39 Å². The second kappa shape index (κ2) is 7.45. The molecule has 0 amide bonds. The fourth-order valence-electron chi connectivity index (χ4n) is 1.59. The summed E-state index contributed by atoms with van der Waals surface area (Å²) in [6, 6.07) is 3.96. The zero-order valence-corrected chi connectivity index (χ0v) is 12.4. The molecule has 1 aromatic carbocycles. The average molecular weight is 334 g/mol. The second-order valence-corrected chi connectivity index (χ2v) is 4.71. The largest absolute Gasteiger partial charge is 0.494 e. The molecule has 0 bridgehead atoms.